The normalized spacial score (nSPS) is 16.2. The van der Waals surface area contributed by atoms with Crippen LogP contribution in [0.2, 0.25) is 0 Å². The molecule has 0 aromatic heterocycles. The van der Waals surface area contributed by atoms with E-state index in [1.165, 1.54) is 0 Å². The largest absolute Gasteiger partial charge is 0.480 e. The maximum atomic E-state index is 11.2. The van der Waals surface area contributed by atoms with Crippen molar-refractivity contribution in [2.75, 3.05) is 24.7 Å². The van der Waals surface area contributed by atoms with Crippen molar-refractivity contribution in [3.05, 3.63) is 0 Å². The minimum Gasteiger partial charge on any atom is -0.480 e. The standard InChI is InChI=1S/C13H27NO3S/c1-4-7-14-13(3,12(16)17)6-5-8-18-10-11(2)9-15/h11,14-15H,4-10H2,1-3H3,(H,16,17). The van der Waals surface area contributed by atoms with E-state index >= 15 is 0 Å². The van der Waals surface area contributed by atoms with Crippen LogP contribution in [0.4, 0.5) is 0 Å². The van der Waals surface area contributed by atoms with Crippen LogP contribution in [0, 0.1) is 5.92 Å². The van der Waals surface area contributed by atoms with Gasteiger partial charge in [-0.15, -0.1) is 0 Å². The molecule has 0 radical (unpaired) electrons. The second-order valence-electron chi connectivity index (χ2n) is 5.03. The number of carboxylic acids is 1. The number of aliphatic hydroxyl groups is 1. The molecule has 0 aromatic rings. The number of thioether (sulfide) groups is 1. The van der Waals surface area contributed by atoms with Gasteiger partial charge in [0.25, 0.3) is 0 Å². The van der Waals surface area contributed by atoms with Crippen LogP contribution in [0.1, 0.15) is 40.0 Å². The molecule has 0 spiro atoms. The Bertz CT molecular complexity index is 238. The summed E-state index contributed by atoms with van der Waals surface area (Å²) in [6.45, 7) is 6.75. The summed E-state index contributed by atoms with van der Waals surface area (Å²) in [6, 6.07) is 0. The molecule has 0 aliphatic carbocycles. The van der Waals surface area contributed by atoms with Gasteiger partial charge in [-0.3, -0.25) is 4.79 Å². The average Bonchev–Trinajstić information content (AvgIpc) is 2.35. The maximum absolute atomic E-state index is 11.2. The van der Waals surface area contributed by atoms with Crippen LogP contribution in [0.25, 0.3) is 0 Å². The van der Waals surface area contributed by atoms with E-state index in [-0.39, 0.29) is 6.61 Å². The number of hydrogen-bond acceptors (Lipinski definition) is 4. The van der Waals surface area contributed by atoms with Crippen LogP contribution in [-0.2, 0) is 4.79 Å². The van der Waals surface area contributed by atoms with E-state index in [4.69, 9.17) is 5.11 Å². The van der Waals surface area contributed by atoms with Crippen molar-refractivity contribution in [3.8, 4) is 0 Å². The van der Waals surface area contributed by atoms with Gasteiger partial charge in [0.2, 0.25) is 0 Å². The summed E-state index contributed by atoms with van der Waals surface area (Å²) in [5.41, 5.74) is -0.806. The molecule has 0 saturated carbocycles. The SMILES string of the molecule is CCCNC(C)(CCCSCC(C)CO)C(=O)O. The number of aliphatic hydroxyl groups excluding tert-OH is 1. The van der Waals surface area contributed by atoms with Gasteiger partial charge in [0.1, 0.15) is 5.54 Å². The highest BCUT2D eigenvalue weighted by molar-refractivity contribution is 7.99. The highest BCUT2D eigenvalue weighted by Gasteiger charge is 2.31. The highest BCUT2D eigenvalue weighted by atomic mass is 32.2. The fourth-order valence-corrected chi connectivity index (χ4v) is 2.56. The highest BCUT2D eigenvalue weighted by Crippen LogP contribution is 2.17. The Morgan fingerprint density at radius 1 is 1.50 bits per heavy atom. The van der Waals surface area contributed by atoms with E-state index < -0.39 is 11.5 Å². The van der Waals surface area contributed by atoms with Gasteiger partial charge in [-0.05, 0) is 50.2 Å². The zero-order chi connectivity index (χ0) is 14.0. The summed E-state index contributed by atoms with van der Waals surface area (Å²) in [6.07, 6.45) is 2.46. The summed E-state index contributed by atoms with van der Waals surface area (Å²) in [5.74, 6) is 1.42. The minimum atomic E-state index is -0.806. The monoisotopic (exact) mass is 277 g/mol. The van der Waals surface area contributed by atoms with Gasteiger partial charge in [0.15, 0.2) is 0 Å². The first-order chi connectivity index (χ1) is 8.46. The predicted octanol–water partition coefficient (Wildman–Crippen LogP) is 1.97. The third-order valence-electron chi connectivity index (χ3n) is 2.92. The first kappa shape index (κ1) is 17.7. The first-order valence-electron chi connectivity index (χ1n) is 6.63. The van der Waals surface area contributed by atoms with Crippen molar-refractivity contribution in [2.24, 2.45) is 5.92 Å². The van der Waals surface area contributed by atoms with Crippen molar-refractivity contribution >= 4 is 17.7 Å². The summed E-state index contributed by atoms with van der Waals surface area (Å²) < 4.78 is 0. The zero-order valence-corrected chi connectivity index (χ0v) is 12.6. The molecule has 0 rings (SSSR count). The molecule has 3 N–H and O–H groups in total. The average molecular weight is 277 g/mol. The minimum absolute atomic E-state index is 0.220. The van der Waals surface area contributed by atoms with Gasteiger partial charge >= 0.3 is 5.97 Å². The van der Waals surface area contributed by atoms with Crippen molar-refractivity contribution in [1.29, 1.82) is 0 Å². The quantitative estimate of drug-likeness (QED) is 0.504. The lowest BCUT2D eigenvalue weighted by molar-refractivity contribution is -0.144. The van der Waals surface area contributed by atoms with E-state index in [0.29, 0.717) is 12.3 Å². The van der Waals surface area contributed by atoms with E-state index in [2.05, 4.69) is 5.32 Å². The Morgan fingerprint density at radius 2 is 2.17 bits per heavy atom. The third-order valence-corrected chi connectivity index (χ3v) is 4.30. The molecule has 0 bridgehead atoms. The lowest BCUT2D eigenvalue weighted by atomic mass is 9.96. The van der Waals surface area contributed by atoms with Gasteiger partial charge in [-0.1, -0.05) is 13.8 Å². The van der Waals surface area contributed by atoms with E-state index in [0.717, 1.165) is 30.9 Å². The first-order valence-corrected chi connectivity index (χ1v) is 7.78. The fraction of sp³-hybridized carbons (Fsp3) is 0.923. The van der Waals surface area contributed by atoms with Gasteiger partial charge in [0, 0.05) is 6.61 Å². The Morgan fingerprint density at radius 3 is 2.67 bits per heavy atom. The molecule has 4 nitrogen and oxygen atoms in total. The molecule has 5 heteroatoms. The molecule has 2 unspecified atom stereocenters. The molecule has 0 aromatic carbocycles. The lowest BCUT2D eigenvalue weighted by Crippen LogP contribution is -2.49. The molecule has 0 saturated heterocycles. The molecular formula is C13H27NO3S. The van der Waals surface area contributed by atoms with Crippen molar-refractivity contribution in [1.82, 2.24) is 5.32 Å². The second kappa shape index (κ2) is 9.64. The van der Waals surface area contributed by atoms with Crippen LogP contribution >= 0.6 is 11.8 Å². The van der Waals surface area contributed by atoms with Gasteiger partial charge in [0.05, 0.1) is 0 Å². The summed E-state index contributed by atoms with van der Waals surface area (Å²) in [4.78, 5) is 11.2. The number of carbonyl (C=O) groups is 1. The number of nitrogens with one attached hydrogen (secondary N) is 1. The van der Waals surface area contributed by atoms with Crippen molar-refractivity contribution in [2.45, 2.75) is 45.6 Å². The van der Waals surface area contributed by atoms with Crippen LogP contribution in [0.5, 0.6) is 0 Å². The molecule has 2 atom stereocenters. The van der Waals surface area contributed by atoms with Crippen LogP contribution in [0.15, 0.2) is 0 Å². The topological polar surface area (TPSA) is 69.6 Å². The molecule has 0 heterocycles. The Balaban J connectivity index is 3.87. The number of hydrogen-bond donors (Lipinski definition) is 3. The molecule has 0 aliphatic rings. The van der Waals surface area contributed by atoms with E-state index in [9.17, 15) is 9.90 Å². The lowest BCUT2D eigenvalue weighted by Gasteiger charge is -2.26. The van der Waals surface area contributed by atoms with Gasteiger partial charge in [-0.25, -0.2) is 0 Å². The smallest absolute Gasteiger partial charge is 0.323 e. The van der Waals surface area contributed by atoms with Gasteiger partial charge in [-0.2, -0.15) is 11.8 Å². The Kier molecular flexibility index (Phi) is 9.50. The summed E-state index contributed by atoms with van der Waals surface area (Å²) in [7, 11) is 0. The van der Waals surface area contributed by atoms with Crippen LogP contribution < -0.4 is 5.32 Å². The van der Waals surface area contributed by atoms with Gasteiger partial charge < -0.3 is 15.5 Å². The zero-order valence-electron chi connectivity index (χ0n) is 11.7. The molecule has 0 amide bonds. The second-order valence-corrected chi connectivity index (χ2v) is 6.18. The Labute approximate surface area is 115 Å². The van der Waals surface area contributed by atoms with E-state index in [1.807, 2.05) is 13.8 Å². The predicted molar refractivity (Wildman–Crippen MR) is 77.1 cm³/mol. The van der Waals surface area contributed by atoms with Crippen molar-refractivity contribution in [3.63, 3.8) is 0 Å². The van der Waals surface area contributed by atoms with E-state index in [1.54, 1.807) is 18.7 Å². The summed E-state index contributed by atoms with van der Waals surface area (Å²) >= 11 is 1.78. The molecule has 108 valence electrons. The molecule has 18 heavy (non-hydrogen) atoms. The number of rotatable bonds is 11. The molecular weight excluding hydrogens is 250 g/mol. The number of aliphatic carboxylic acids is 1. The molecule has 0 fully saturated rings. The molecule has 0 aliphatic heterocycles. The summed E-state index contributed by atoms with van der Waals surface area (Å²) in [5, 5.41) is 21.2. The van der Waals surface area contributed by atoms with Crippen molar-refractivity contribution < 1.29 is 15.0 Å². The van der Waals surface area contributed by atoms with Crippen LogP contribution in [-0.4, -0.2) is 46.4 Å². The number of carboxylic acid groups (broad SMARTS) is 1. The fourth-order valence-electron chi connectivity index (χ4n) is 1.54. The Hall–Kier alpha value is -0.260. The van der Waals surface area contributed by atoms with Crippen LogP contribution in [0.3, 0.4) is 0 Å². The maximum Gasteiger partial charge on any atom is 0.323 e. The third kappa shape index (κ3) is 7.24.